The fourth-order valence-electron chi connectivity index (χ4n) is 5.25. The first-order chi connectivity index (χ1) is 15.3. The van der Waals surface area contributed by atoms with Crippen LogP contribution in [-0.4, -0.2) is 35.2 Å². The zero-order valence-corrected chi connectivity index (χ0v) is 19.7. The van der Waals surface area contributed by atoms with E-state index in [1.807, 2.05) is 0 Å². The van der Waals surface area contributed by atoms with Crippen molar-refractivity contribution >= 4 is 5.97 Å². The fourth-order valence-corrected chi connectivity index (χ4v) is 5.25. The molecule has 2 aliphatic rings. The van der Waals surface area contributed by atoms with Crippen molar-refractivity contribution in [1.82, 2.24) is 4.90 Å². The summed E-state index contributed by atoms with van der Waals surface area (Å²) in [5.41, 5.74) is 3.99. The standard InChI is InChI=1S/C28H37NO3/c1-28(2,3)24-9-13-26(14-10-24)32-25-11-7-21(8-12-25)22-6-4-5-20(17-22)18-29-16-15-23(19-29)27(30)31/h4-8,11-12,17,23-24,26H,9-10,13-16,18-19H2,1-3H3,(H,30,31)/t23-,24?,26?/m1/s1. The highest BCUT2D eigenvalue weighted by Crippen LogP contribution is 2.39. The predicted octanol–water partition coefficient (Wildman–Crippen LogP) is 6.24. The molecule has 4 heteroatoms. The molecule has 0 unspecified atom stereocenters. The maximum Gasteiger partial charge on any atom is 0.307 e. The lowest BCUT2D eigenvalue weighted by Crippen LogP contribution is -2.30. The molecule has 1 saturated heterocycles. The van der Waals surface area contributed by atoms with Crippen molar-refractivity contribution in [3.8, 4) is 16.9 Å². The van der Waals surface area contributed by atoms with Crippen LogP contribution in [0.15, 0.2) is 48.5 Å². The van der Waals surface area contributed by atoms with Gasteiger partial charge in [-0.2, -0.15) is 0 Å². The summed E-state index contributed by atoms with van der Waals surface area (Å²) in [6.45, 7) is 9.35. The topological polar surface area (TPSA) is 49.8 Å². The van der Waals surface area contributed by atoms with Crippen molar-refractivity contribution < 1.29 is 14.6 Å². The minimum atomic E-state index is -0.675. The number of hydrogen-bond donors (Lipinski definition) is 1. The number of ether oxygens (including phenoxy) is 1. The van der Waals surface area contributed by atoms with Gasteiger partial charge in [0.25, 0.3) is 0 Å². The molecule has 2 aromatic rings. The number of carbonyl (C=O) groups is 1. The van der Waals surface area contributed by atoms with E-state index in [2.05, 4.69) is 74.2 Å². The van der Waals surface area contributed by atoms with Crippen LogP contribution in [0.4, 0.5) is 0 Å². The lowest BCUT2D eigenvalue weighted by atomic mass is 9.72. The first-order valence-electron chi connectivity index (χ1n) is 12.1. The molecule has 2 aromatic carbocycles. The van der Waals surface area contributed by atoms with Crippen LogP contribution in [0.1, 0.15) is 58.4 Å². The summed E-state index contributed by atoms with van der Waals surface area (Å²) in [5, 5.41) is 9.22. The first-order valence-corrected chi connectivity index (χ1v) is 12.1. The summed E-state index contributed by atoms with van der Waals surface area (Å²) in [5.74, 6) is 0.855. The van der Waals surface area contributed by atoms with Crippen molar-refractivity contribution in [2.45, 2.75) is 65.5 Å². The maximum atomic E-state index is 11.2. The number of aliphatic carboxylic acids is 1. The van der Waals surface area contributed by atoms with E-state index < -0.39 is 5.97 Å². The van der Waals surface area contributed by atoms with Gasteiger partial charge in [-0.25, -0.2) is 0 Å². The smallest absolute Gasteiger partial charge is 0.307 e. The van der Waals surface area contributed by atoms with Gasteiger partial charge in [0.2, 0.25) is 0 Å². The molecule has 0 amide bonds. The Kier molecular flexibility index (Phi) is 6.90. The molecule has 0 aromatic heterocycles. The van der Waals surface area contributed by atoms with Crippen LogP contribution in [0, 0.1) is 17.3 Å². The van der Waals surface area contributed by atoms with E-state index in [-0.39, 0.29) is 5.92 Å². The van der Waals surface area contributed by atoms with Gasteiger partial charge >= 0.3 is 5.97 Å². The number of likely N-dealkylation sites (tertiary alicyclic amines) is 1. The highest BCUT2D eigenvalue weighted by molar-refractivity contribution is 5.70. The number of hydrogen-bond acceptors (Lipinski definition) is 3. The molecule has 1 saturated carbocycles. The second-order valence-electron chi connectivity index (χ2n) is 10.7. The Bertz CT molecular complexity index is 907. The zero-order valence-electron chi connectivity index (χ0n) is 19.7. The van der Waals surface area contributed by atoms with Gasteiger partial charge < -0.3 is 9.84 Å². The van der Waals surface area contributed by atoms with Gasteiger partial charge in [0, 0.05) is 13.1 Å². The third-order valence-electron chi connectivity index (χ3n) is 7.34. The Morgan fingerprint density at radius 2 is 1.72 bits per heavy atom. The normalized spacial score (nSPS) is 24.4. The van der Waals surface area contributed by atoms with Crippen LogP contribution in [-0.2, 0) is 11.3 Å². The minimum Gasteiger partial charge on any atom is -0.490 e. The Labute approximate surface area is 192 Å². The van der Waals surface area contributed by atoms with Crippen molar-refractivity contribution in [2.75, 3.05) is 13.1 Å². The van der Waals surface area contributed by atoms with Gasteiger partial charge in [-0.05, 0) is 84.9 Å². The number of nitrogens with zero attached hydrogens (tertiary/aromatic N) is 1. The largest absolute Gasteiger partial charge is 0.490 e. The molecule has 1 N–H and O–H groups in total. The predicted molar refractivity (Wildman–Crippen MR) is 129 cm³/mol. The third-order valence-corrected chi connectivity index (χ3v) is 7.34. The summed E-state index contributed by atoms with van der Waals surface area (Å²) in [6, 6.07) is 17.0. The summed E-state index contributed by atoms with van der Waals surface area (Å²) in [6.07, 6.45) is 5.87. The lowest BCUT2D eigenvalue weighted by Gasteiger charge is -2.36. The van der Waals surface area contributed by atoms with E-state index in [1.165, 1.54) is 29.5 Å². The Morgan fingerprint density at radius 3 is 2.34 bits per heavy atom. The second kappa shape index (κ2) is 9.66. The van der Waals surface area contributed by atoms with Crippen LogP contribution in [0.3, 0.4) is 0 Å². The molecule has 0 radical (unpaired) electrons. The van der Waals surface area contributed by atoms with Crippen molar-refractivity contribution in [3.05, 3.63) is 54.1 Å². The molecular weight excluding hydrogens is 398 g/mol. The Morgan fingerprint density at radius 1 is 1.00 bits per heavy atom. The molecule has 4 nitrogen and oxygen atoms in total. The number of carboxylic acid groups (broad SMARTS) is 1. The van der Waals surface area contributed by atoms with E-state index in [0.717, 1.165) is 44.0 Å². The maximum absolute atomic E-state index is 11.2. The minimum absolute atomic E-state index is 0.228. The summed E-state index contributed by atoms with van der Waals surface area (Å²) >= 11 is 0. The van der Waals surface area contributed by atoms with E-state index in [9.17, 15) is 9.90 Å². The van der Waals surface area contributed by atoms with Crippen LogP contribution in [0.2, 0.25) is 0 Å². The third kappa shape index (κ3) is 5.72. The highest BCUT2D eigenvalue weighted by Gasteiger charge is 2.30. The Hall–Kier alpha value is -2.33. The molecular formula is C28H37NO3. The van der Waals surface area contributed by atoms with Gasteiger partial charge in [-0.15, -0.1) is 0 Å². The highest BCUT2D eigenvalue weighted by atomic mass is 16.5. The summed E-state index contributed by atoms with van der Waals surface area (Å²) < 4.78 is 6.29. The average molecular weight is 436 g/mol. The Balaban J connectivity index is 1.33. The molecule has 1 heterocycles. The molecule has 0 spiro atoms. The number of benzene rings is 2. The molecule has 1 aliphatic heterocycles. The van der Waals surface area contributed by atoms with Gasteiger partial charge in [0.15, 0.2) is 0 Å². The fraction of sp³-hybridized carbons (Fsp3) is 0.536. The number of carboxylic acids is 1. The van der Waals surface area contributed by atoms with Crippen LogP contribution in [0.25, 0.3) is 11.1 Å². The number of rotatable bonds is 6. The van der Waals surface area contributed by atoms with E-state index >= 15 is 0 Å². The molecule has 1 atom stereocenters. The van der Waals surface area contributed by atoms with E-state index in [1.54, 1.807) is 0 Å². The molecule has 4 rings (SSSR count). The molecule has 2 fully saturated rings. The zero-order chi connectivity index (χ0) is 22.7. The quantitative estimate of drug-likeness (QED) is 0.583. The molecule has 172 valence electrons. The average Bonchev–Trinajstić information content (AvgIpc) is 3.23. The SMILES string of the molecule is CC(C)(C)C1CCC(Oc2ccc(-c3cccc(CN4CC[C@@H](C(=O)O)C4)c3)cc2)CC1. The van der Waals surface area contributed by atoms with Crippen molar-refractivity contribution in [1.29, 1.82) is 0 Å². The van der Waals surface area contributed by atoms with Crippen LogP contribution < -0.4 is 4.74 Å². The summed E-state index contributed by atoms with van der Waals surface area (Å²) in [7, 11) is 0. The van der Waals surface area contributed by atoms with Gasteiger partial charge in [0.1, 0.15) is 5.75 Å². The van der Waals surface area contributed by atoms with Gasteiger partial charge in [0.05, 0.1) is 12.0 Å². The van der Waals surface area contributed by atoms with Crippen LogP contribution in [0.5, 0.6) is 5.75 Å². The molecule has 32 heavy (non-hydrogen) atoms. The lowest BCUT2D eigenvalue weighted by molar-refractivity contribution is -0.141. The van der Waals surface area contributed by atoms with E-state index in [4.69, 9.17) is 4.74 Å². The van der Waals surface area contributed by atoms with Gasteiger partial charge in [-0.3, -0.25) is 9.69 Å². The van der Waals surface area contributed by atoms with Crippen molar-refractivity contribution in [3.63, 3.8) is 0 Å². The van der Waals surface area contributed by atoms with Crippen molar-refractivity contribution in [2.24, 2.45) is 17.3 Å². The summed E-state index contributed by atoms with van der Waals surface area (Å²) in [4.78, 5) is 13.4. The van der Waals surface area contributed by atoms with E-state index in [0.29, 0.717) is 18.1 Å². The first kappa shape index (κ1) is 22.8. The second-order valence-corrected chi connectivity index (χ2v) is 10.7. The van der Waals surface area contributed by atoms with Gasteiger partial charge in [-0.1, -0.05) is 51.1 Å². The van der Waals surface area contributed by atoms with Crippen LogP contribution >= 0.6 is 0 Å². The monoisotopic (exact) mass is 435 g/mol. The molecule has 0 bridgehead atoms. The molecule has 1 aliphatic carbocycles.